The van der Waals surface area contributed by atoms with Crippen molar-refractivity contribution in [1.29, 1.82) is 0 Å². The molecule has 1 nitrogen and oxygen atoms in total. The predicted octanol–water partition coefficient (Wildman–Crippen LogP) is 5.03. The first-order chi connectivity index (χ1) is 9.94. The summed E-state index contributed by atoms with van der Waals surface area (Å²) in [6.07, 6.45) is 12.7. The SMILES string of the molecule is C[C@@H]1C[C@@]23CC[C@@H]4C(C)(C)CCC[C@@]4(CO)[C@@H]2CC[C@@H]1C3. The molecular formula is C20H34O. The fraction of sp³-hybridized carbons (Fsp3) is 1.00. The number of hydrogen-bond donors (Lipinski definition) is 1. The average Bonchev–Trinajstić information content (AvgIpc) is 2.67. The maximum absolute atomic E-state index is 10.5. The molecule has 120 valence electrons. The molecule has 1 N–H and O–H groups in total. The topological polar surface area (TPSA) is 20.2 Å². The molecule has 6 atom stereocenters. The highest BCUT2D eigenvalue weighted by Gasteiger charge is 2.64. The molecule has 4 aliphatic rings. The lowest BCUT2D eigenvalue weighted by molar-refractivity contribution is -0.173. The molecule has 0 radical (unpaired) electrons. The third kappa shape index (κ3) is 1.79. The van der Waals surface area contributed by atoms with Gasteiger partial charge in [-0.25, -0.2) is 0 Å². The predicted molar refractivity (Wildman–Crippen MR) is 86.9 cm³/mol. The summed E-state index contributed by atoms with van der Waals surface area (Å²) in [5.74, 6) is 3.55. The molecule has 0 amide bonds. The molecule has 0 heterocycles. The molecule has 4 rings (SSSR count). The van der Waals surface area contributed by atoms with E-state index >= 15 is 0 Å². The summed E-state index contributed by atoms with van der Waals surface area (Å²) in [7, 11) is 0. The van der Waals surface area contributed by atoms with Gasteiger partial charge in [0.05, 0.1) is 0 Å². The van der Waals surface area contributed by atoms with Crippen LogP contribution >= 0.6 is 0 Å². The fourth-order valence-electron chi connectivity index (χ4n) is 8.07. The van der Waals surface area contributed by atoms with E-state index in [4.69, 9.17) is 0 Å². The number of fused-ring (bicyclic) bond motifs is 3. The summed E-state index contributed by atoms with van der Waals surface area (Å²) in [5, 5.41) is 10.5. The lowest BCUT2D eigenvalue weighted by atomic mass is 9.41. The van der Waals surface area contributed by atoms with E-state index in [1.165, 1.54) is 57.8 Å². The third-order valence-electron chi connectivity index (χ3n) is 8.79. The van der Waals surface area contributed by atoms with Gasteiger partial charge in [-0.1, -0.05) is 27.2 Å². The molecule has 4 saturated carbocycles. The van der Waals surface area contributed by atoms with Gasteiger partial charge in [0.2, 0.25) is 0 Å². The average molecular weight is 290 g/mol. The zero-order chi connectivity index (χ0) is 14.9. The Labute approximate surface area is 130 Å². The van der Waals surface area contributed by atoms with Crippen LogP contribution in [0, 0.1) is 39.9 Å². The smallest absolute Gasteiger partial charge is 0.0493 e. The van der Waals surface area contributed by atoms with Crippen LogP contribution in [-0.2, 0) is 0 Å². The van der Waals surface area contributed by atoms with Crippen LogP contribution in [0.4, 0.5) is 0 Å². The van der Waals surface area contributed by atoms with Gasteiger partial charge in [-0.3, -0.25) is 0 Å². The van der Waals surface area contributed by atoms with Gasteiger partial charge in [-0.05, 0) is 85.9 Å². The molecule has 0 unspecified atom stereocenters. The highest BCUT2D eigenvalue weighted by molar-refractivity contribution is 5.13. The van der Waals surface area contributed by atoms with Crippen LogP contribution in [0.2, 0.25) is 0 Å². The molecular weight excluding hydrogens is 256 g/mol. The Hall–Kier alpha value is -0.0400. The molecule has 1 spiro atoms. The van der Waals surface area contributed by atoms with Crippen molar-refractivity contribution in [3.05, 3.63) is 0 Å². The second-order valence-corrected chi connectivity index (χ2v) is 9.96. The fourth-order valence-corrected chi connectivity index (χ4v) is 8.07. The lowest BCUT2D eigenvalue weighted by Crippen LogP contribution is -2.58. The standard InChI is InChI=1S/C20H34O/c1-14-11-19-10-7-16-18(2,3)8-4-9-20(16,13-21)17(19)6-5-15(14)12-19/h14-17,21H,4-13H2,1-3H3/t14-,15-,16-,17-,19-,20+/m1/s1. The van der Waals surface area contributed by atoms with Crippen molar-refractivity contribution in [2.24, 2.45) is 39.9 Å². The van der Waals surface area contributed by atoms with Gasteiger partial charge in [-0.15, -0.1) is 0 Å². The summed E-state index contributed by atoms with van der Waals surface area (Å²) in [5.41, 5.74) is 1.34. The van der Waals surface area contributed by atoms with E-state index in [1.54, 1.807) is 0 Å². The van der Waals surface area contributed by atoms with Gasteiger partial charge < -0.3 is 5.11 Å². The van der Waals surface area contributed by atoms with Crippen LogP contribution in [0.1, 0.15) is 78.6 Å². The molecule has 2 bridgehead atoms. The van der Waals surface area contributed by atoms with E-state index in [9.17, 15) is 5.11 Å². The van der Waals surface area contributed by atoms with E-state index in [2.05, 4.69) is 20.8 Å². The highest BCUT2D eigenvalue weighted by Crippen LogP contribution is 2.72. The molecule has 0 aliphatic heterocycles. The number of hydrogen-bond acceptors (Lipinski definition) is 1. The number of rotatable bonds is 1. The number of aliphatic hydroxyl groups is 1. The van der Waals surface area contributed by atoms with Crippen molar-refractivity contribution in [2.45, 2.75) is 78.6 Å². The minimum Gasteiger partial charge on any atom is -0.396 e. The third-order valence-corrected chi connectivity index (χ3v) is 8.79. The highest BCUT2D eigenvalue weighted by atomic mass is 16.3. The molecule has 4 fully saturated rings. The Morgan fingerprint density at radius 1 is 0.952 bits per heavy atom. The van der Waals surface area contributed by atoms with Crippen LogP contribution in [0.5, 0.6) is 0 Å². The van der Waals surface area contributed by atoms with Crippen LogP contribution in [0.3, 0.4) is 0 Å². The quantitative estimate of drug-likeness (QED) is 0.718. The summed E-state index contributed by atoms with van der Waals surface area (Å²) in [4.78, 5) is 0. The van der Waals surface area contributed by atoms with E-state index < -0.39 is 0 Å². The van der Waals surface area contributed by atoms with Crippen LogP contribution in [0.15, 0.2) is 0 Å². The first-order valence-electron chi connectivity index (χ1n) is 9.54. The van der Waals surface area contributed by atoms with E-state index in [1.807, 2.05) is 0 Å². The molecule has 21 heavy (non-hydrogen) atoms. The van der Waals surface area contributed by atoms with Crippen LogP contribution in [0.25, 0.3) is 0 Å². The van der Waals surface area contributed by atoms with Gasteiger partial charge in [0.25, 0.3) is 0 Å². The summed E-state index contributed by atoms with van der Waals surface area (Å²) in [6, 6.07) is 0. The Morgan fingerprint density at radius 3 is 2.52 bits per heavy atom. The van der Waals surface area contributed by atoms with Crippen LogP contribution < -0.4 is 0 Å². The van der Waals surface area contributed by atoms with Gasteiger partial charge in [-0.2, -0.15) is 0 Å². The Morgan fingerprint density at radius 2 is 1.76 bits per heavy atom. The van der Waals surface area contributed by atoms with Gasteiger partial charge >= 0.3 is 0 Å². The van der Waals surface area contributed by atoms with E-state index in [0.717, 1.165) is 23.7 Å². The van der Waals surface area contributed by atoms with Crippen molar-refractivity contribution >= 4 is 0 Å². The number of aliphatic hydroxyl groups excluding tert-OH is 1. The Bertz CT molecular complexity index is 424. The van der Waals surface area contributed by atoms with Gasteiger partial charge in [0, 0.05) is 12.0 Å². The molecule has 1 heteroatoms. The molecule has 4 aliphatic carbocycles. The second kappa shape index (κ2) is 4.49. The van der Waals surface area contributed by atoms with Gasteiger partial charge in [0.1, 0.15) is 0 Å². The lowest BCUT2D eigenvalue weighted by Gasteiger charge is -2.64. The summed E-state index contributed by atoms with van der Waals surface area (Å²) >= 11 is 0. The minimum atomic E-state index is 0.273. The maximum atomic E-state index is 10.5. The molecule has 0 saturated heterocycles. The second-order valence-electron chi connectivity index (χ2n) is 9.96. The first-order valence-corrected chi connectivity index (χ1v) is 9.54. The molecule has 0 aromatic rings. The van der Waals surface area contributed by atoms with Crippen molar-refractivity contribution in [2.75, 3.05) is 6.61 Å². The monoisotopic (exact) mass is 290 g/mol. The van der Waals surface area contributed by atoms with E-state index in [0.29, 0.717) is 17.4 Å². The zero-order valence-electron chi connectivity index (χ0n) is 14.3. The molecule has 0 aromatic carbocycles. The van der Waals surface area contributed by atoms with Crippen molar-refractivity contribution in [3.63, 3.8) is 0 Å². The Kier molecular flexibility index (Phi) is 3.11. The maximum Gasteiger partial charge on any atom is 0.0493 e. The first kappa shape index (κ1) is 14.5. The minimum absolute atomic E-state index is 0.273. The van der Waals surface area contributed by atoms with Crippen molar-refractivity contribution in [3.8, 4) is 0 Å². The van der Waals surface area contributed by atoms with Crippen molar-refractivity contribution in [1.82, 2.24) is 0 Å². The van der Waals surface area contributed by atoms with Crippen LogP contribution in [-0.4, -0.2) is 11.7 Å². The molecule has 0 aromatic heterocycles. The van der Waals surface area contributed by atoms with Gasteiger partial charge in [0.15, 0.2) is 0 Å². The largest absolute Gasteiger partial charge is 0.396 e. The van der Waals surface area contributed by atoms with Crippen molar-refractivity contribution < 1.29 is 5.11 Å². The summed E-state index contributed by atoms with van der Waals surface area (Å²) < 4.78 is 0. The zero-order valence-corrected chi connectivity index (χ0v) is 14.3. The van der Waals surface area contributed by atoms with E-state index in [-0.39, 0.29) is 5.41 Å². The normalized spacial score (nSPS) is 54.9. The Balaban J connectivity index is 1.75. The summed E-state index contributed by atoms with van der Waals surface area (Å²) in [6.45, 7) is 7.95.